The largest absolute Gasteiger partial charge is 0.381 e. The van der Waals surface area contributed by atoms with E-state index in [9.17, 15) is 0 Å². The molecule has 0 spiro atoms. The maximum Gasteiger partial charge on any atom is 0.325 e. The average Bonchev–Trinajstić information content (AvgIpc) is 3.49. The first-order chi connectivity index (χ1) is 16.9. The van der Waals surface area contributed by atoms with E-state index in [1.54, 1.807) is 0 Å². The molecule has 4 aromatic carbocycles. The number of benzene rings is 4. The predicted octanol–water partition coefficient (Wildman–Crippen LogP) is 7.66. The molecule has 0 bridgehead atoms. The Bertz CT molecular complexity index is 1420. The molecule has 0 radical (unpaired) electrons. The summed E-state index contributed by atoms with van der Waals surface area (Å²) in [6, 6.07) is 42.7. The lowest BCUT2D eigenvalue weighted by atomic mass is 9.74. The van der Waals surface area contributed by atoms with Gasteiger partial charge in [-0.15, -0.1) is 0 Å². The summed E-state index contributed by atoms with van der Waals surface area (Å²) in [7, 11) is -2.26. The zero-order valence-corrected chi connectivity index (χ0v) is 21.5. The van der Waals surface area contributed by atoms with E-state index in [0.717, 1.165) is 10.8 Å². The molecule has 1 nitrogen and oxygen atoms in total. The zero-order chi connectivity index (χ0) is 24.3. The third-order valence-electron chi connectivity index (χ3n) is 8.08. The third-order valence-corrected chi connectivity index (χ3v) is 10.8. The van der Waals surface area contributed by atoms with Crippen LogP contribution < -0.4 is 0 Å². The Hall–Kier alpha value is -3.36. The molecule has 4 aromatic rings. The molecule has 0 amide bonds. The summed E-state index contributed by atoms with van der Waals surface area (Å²) in [5, 5.41) is 0.588. The van der Waals surface area contributed by atoms with Gasteiger partial charge in [-0.25, -0.2) is 0 Å². The minimum absolute atomic E-state index is 0.0474. The van der Waals surface area contributed by atoms with E-state index in [-0.39, 0.29) is 16.7 Å². The van der Waals surface area contributed by atoms with Gasteiger partial charge in [0.05, 0.1) is 5.04 Å². The van der Waals surface area contributed by atoms with Crippen LogP contribution in [0.2, 0.25) is 0 Å². The fourth-order valence-electron chi connectivity index (χ4n) is 7.26. The predicted molar refractivity (Wildman–Crippen MR) is 145 cm³/mol. The summed E-state index contributed by atoms with van der Waals surface area (Å²) in [4.78, 5) is 0. The minimum atomic E-state index is -2.26. The lowest BCUT2D eigenvalue weighted by Crippen LogP contribution is -2.30. The van der Waals surface area contributed by atoms with E-state index in [2.05, 4.69) is 136 Å². The molecular formula is C33H30OSi. The van der Waals surface area contributed by atoms with E-state index in [1.165, 1.54) is 22.3 Å². The van der Waals surface area contributed by atoms with Gasteiger partial charge in [-0.05, 0) is 39.2 Å². The summed E-state index contributed by atoms with van der Waals surface area (Å²) in [5.74, 6) is 0.210. The molecule has 1 saturated carbocycles. The molecule has 2 heteroatoms. The second kappa shape index (κ2) is 7.83. The second-order valence-corrected chi connectivity index (χ2v) is 12.9. The lowest BCUT2D eigenvalue weighted by molar-refractivity contribution is 0.319. The van der Waals surface area contributed by atoms with Crippen LogP contribution >= 0.6 is 0 Å². The van der Waals surface area contributed by atoms with E-state index in [1.807, 2.05) is 6.07 Å². The Kier molecular flexibility index (Phi) is 4.95. The fourth-order valence-corrected chi connectivity index (χ4v) is 10.7. The van der Waals surface area contributed by atoms with Gasteiger partial charge in [0.1, 0.15) is 0 Å². The van der Waals surface area contributed by atoms with Gasteiger partial charge in [-0.2, -0.15) is 0 Å². The Labute approximate surface area is 209 Å². The van der Waals surface area contributed by atoms with Crippen LogP contribution in [-0.2, 0) is 14.9 Å². The summed E-state index contributed by atoms with van der Waals surface area (Å²) in [6.45, 7) is 6.97. The van der Waals surface area contributed by atoms with Gasteiger partial charge in [0.2, 0.25) is 0 Å². The average molecular weight is 471 g/mol. The van der Waals surface area contributed by atoms with Crippen molar-refractivity contribution < 1.29 is 4.46 Å². The molecule has 2 aliphatic rings. The molecule has 1 heterocycles. The molecule has 0 N–H and O–H groups in total. The van der Waals surface area contributed by atoms with Crippen LogP contribution in [0.4, 0.5) is 0 Å². The van der Waals surface area contributed by atoms with Gasteiger partial charge < -0.3 is 4.46 Å². The maximum atomic E-state index is 15.2. The van der Waals surface area contributed by atoms with Crippen LogP contribution in [0, 0.1) is 11.3 Å². The normalized spacial score (nSPS) is 25.5. The van der Waals surface area contributed by atoms with Gasteiger partial charge in [0, 0.05) is 10.6 Å². The van der Waals surface area contributed by atoms with Crippen molar-refractivity contribution in [2.24, 2.45) is 11.3 Å². The van der Waals surface area contributed by atoms with E-state index in [4.69, 9.17) is 0 Å². The first-order valence-electron chi connectivity index (χ1n) is 12.5. The van der Waals surface area contributed by atoms with Crippen LogP contribution in [0.1, 0.15) is 43.0 Å². The van der Waals surface area contributed by atoms with Gasteiger partial charge >= 0.3 is 8.68 Å². The van der Waals surface area contributed by atoms with Crippen molar-refractivity contribution in [2.45, 2.75) is 31.2 Å². The summed E-state index contributed by atoms with van der Waals surface area (Å²) < 4.78 is 15.2. The van der Waals surface area contributed by atoms with Gasteiger partial charge in [-0.3, -0.25) is 0 Å². The number of rotatable bonds is 4. The maximum absolute atomic E-state index is 15.2. The Morgan fingerprint density at radius 3 is 1.51 bits per heavy atom. The van der Waals surface area contributed by atoms with Crippen molar-refractivity contribution in [3.8, 4) is 0 Å². The quantitative estimate of drug-likeness (QED) is 0.280. The first-order valence-corrected chi connectivity index (χ1v) is 13.9. The molecule has 1 fully saturated rings. The van der Waals surface area contributed by atoms with Crippen molar-refractivity contribution in [3.05, 3.63) is 144 Å². The molecule has 3 atom stereocenters. The van der Waals surface area contributed by atoms with Gasteiger partial charge in [-0.1, -0.05) is 142 Å². The SMILES string of the molecule is CC(C)(C)C1C2(c3ccccc3)C(c3ccccc3)=C(c3ccccc3)[Si](=O)C12c1ccccc1. The Morgan fingerprint density at radius 2 is 1.03 bits per heavy atom. The van der Waals surface area contributed by atoms with Crippen LogP contribution in [0.5, 0.6) is 0 Å². The number of hydrogen-bond acceptors (Lipinski definition) is 1. The fraction of sp³-hybridized carbons (Fsp3) is 0.212. The molecule has 6 rings (SSSR count). The summed E-state index contributed by atoms with van der Waals surface area (Å²) >= 11 is 0. The number of hydrogen-bond donors (Lipinski definition) is 0. The highest BCUT2D eigenvalue weighted by Gasteiger charge is 2.88. The van der Waals surface area contributed by atoms with Crippen LogP contribution in [0.25, 0.3) is 10.8 Å². The van der Waals surface area contributed by atoms with Crippen molar-refractivity contribution in [1.29, 1.82) is 0 Å². The molecule has 1 aliphatic carbocycles. The number of allylic oxidation sites excluding steroid dienone is 1. The molecule has 1 aliphatic heterocycles. The highest BCUT2D eigenvalue weighted by Crippen LogP contribution is 2.83. The van der Waals surface area contributed by atoms with Crippen molar-refractivity contribution >= 4 is 19.5 Å². The summed E-state index contributed by atoms with van der Waals surface area (Å²) in [6.07, 6.45) is 0. The Morgan fingerprint density at radius 1 is 0.600 bits per heavy atom. The third kappa shape index (κ3) is 2.87. The minimum Gasteiger partial charge on any atom is -0.381 e. The molecule has 35 heavy (non-hydrogen) atoms. The number of fused-ring (bicyclic) bond motifs is 1. The molecule has 0 saturated heterocycles. The van der Waals surface area contributed by atoms with Crippen molar-refractivity contribution in [3.63, 3.8) is 0 Å². The van der Waals surface area contributed by atoms with E-state index < -0.39 is 13.7 Å². The van der Waals surface area contributed by atoms with Crippen LogP contribution in [-0.4, -0.2) is 8.68 Å². The standard InChI is InChI=1S/C33H30OSi/c1-31(2,3)30-32(26-20-12-6-13-21-26)28(24-16-8-4-9-17-24)29(25-18-10-5-11-19-25)35(34)33(30,32)27-22-14-7-15-23-27/h4-23,30H,1-3H3. The van der Waals surface area contributed by atoms with Gasteiger partial charge in [0.15, 0.2) is 0 Å². The van der Waals surface area contributed by atoms with E-state index >= 15 is 4.46 Å². The summed E-state index contributed by atoms with van der Waals surface area (Å²) in [5.41, 5.74) is 5.57. The smallest absolute Gasteiger partial charge is 0.325 e. The molecule has 172 valence electrons. The van der Waals surface area contributed by atoms with Crippen molar-refractivity contribution in [2.75, 3.05) is 0 Å². The van der Waals surface area contributed by atoms with E-state index in [0.29, 0.717) is 0 Å². The molecule has 3 unspecified atom stereocenters. The zero-order valence-electron chi connectivity index (χ0n) is 20.5. The van der Waals surface area contributed by atoms with Crippen molar-refractivity contribution in [1.82, 2.24) is 0 Å². The van der Waals surface area contributed by atoms with Crippen LogP contribution in [0.15, 0.2) is 121 Å². The topological polar surface area (TPSA) is 17.1 Å². The molecular weight excluding hydrogens is 440 g/mol. The lowest BCUT2D eigenvalue weighted by Gasteiger charge is -2.29. The highest BCUT2D eigenvalue weighted by molar-refractivity contribution is 6.76. The monoisotopic (exact) mass is 470 g/mol. The van der Waals surface area contributed by atoms with Crippen LogP contribution in [0.3, 0.4) is 0 Å². The highest BCUT2D eigenvalue weighted by atomic mass is 28.3. The second-order valence-electron chi connectivity index (χ2n) is 11.0. The first kappa shape index (κ1) is 22.1. The van der Waals surface area contributed by atoms with Gasteiger partial charge in [0.25, 0.3) is 0 Å². The molecule has 0 aromatic heterocycles. The Balaban J connectivity index is 1.80.